The Balaban J connectivity index is 1.73. The van der Waals surface area contributed by atoms with E-state index in [2.05, 4.69) is 5.32 Å². The summed E-state index contributed by atoms with van der Waals surface area (Å²) in [5, 5.41) is 2.80. The van der Waals surface area contributed by atoms with Gasteiger partial charge in [0.25, 0.3) is 17.7 Å². The molecular weight excluding hydrogens is 272 g/mol. The quantitative estimate of drug-likeness (QED) is 0.836. The minimum absolute atomic E-state index is 0.0673. The van der Waals surface area contributed by atoms with Gasteiger partial charge in [-0.05, 0) is 31.0 Å². The van der Waals surface area contributed by atoms with E-state index in [-0.39, 0.29) is 29.4 Å². The van der Waals surface area contributed by atoms with Crippen molar-refractivity contribution in [2.24, 2.45) is 0 Å². The number of hydrogen-bond acceptors (Lipinski definition) is 4. The number of hydrogen-bond donors (Lipinski definition) is 1. The van der Waals surface area contributed by atoms with E-state index in [9.17, 15) is 14.4 Å². The standard InChI is InChI=1S/C15H16N2O4/c1-17-14(19)11-5-4-9(7-12(11)15(17)20)13(18)16-8-10-3-2-6-21-10/h4-5,7,10H,2-3,6,8H2,1H3,(H,16,18). The molecule has 2 heterocycles. The van der Waals surface area contributed by atoms with E-state index >= 15 is 0 Å². The predicted octanol–water partition coefficient (Wildman–Crippen LogP) is 0.821. The number of imide groups is 1. The van der Waals surface area contributed by atoms with Crippen LogP contribution in [0.1, 0.15) is 43.9 Å². The predicted molar refractivity (Wildman–Crippen MR) is 74.2 cm³/mol. The van der Waals surface area contributed by atoms with Crippen LogP contribution < -0.4 is 5.32 Å². The molecule has 21 heavy (non-hydrogen) atoms. The molecule has 0 aromatic heterocycles. The van der Waals surface area contributed by atoms with Crippen LogP contribution in [0.15, 0.2) is 18.2 Å². The van der Waals surface area contributed by atoms with Crippen LogP contribution in [-0.4, -0.2) is 48.9 Å². The van der Waals surface area contributed by atoms with Gasteiger partial charge in [0.15, 0.2) is 0 Å². The third-order valence-corrected chi connectivity index (χ3v) is 3.87. The van der Waals surface area contributed by atoms with Gasteiger partial charge in [-0.15, -0.1) is 0 Å². The Bertz CT molecular complexity index is 620. The number of nitrogens with one attached hydrogen (secondary N) is 1. The second-order valence-electron chi connectivity index (χ2n) is 5.27. The molecule has 6 nitrogen and oxygen atoms in total. The Kier molecular flexibility index (Phi) is 3.47. The van der Waals surface area contributed by atoms with Crippen LogP contribution in [0.4, 0.5) is 0 Å². The highest BCUT2D eigenvalue weighted by Gasteiger charge is 2.33. The molecule has 1 aromatic carbocycles. The fourth-order valence-electron chi connectivity index (χ4n) is 2.62. The zero-order valence-corrected chi connectivity index (χ0v) is 11.7. The topological polar surface area (TPSA) is 75.7 Å². The van der Waals surface area contributed by atoms with Crippen molar-refractivity contribution in [2.45, 2.75) is 18.9 Å². The molecule has 1 fully saturated rings. The molecule has 3 rings (SSSR count). The van der Waals surface area contributed by atoms with Gasteiger partial charge in [0.1, 0.15) is 0 Å². The van der Waals surface area contributed by atoms with Gasteiger partial charge in [0, 0.05) is 25.8 Å². The van der Waals surface area contributed by atoms with Crippen molar-refractivity contribution >= 4 is 17.7 Å². The second-order valence-corrected chi connectivity index (χ2v) is 5.27. The molecule has 1 N–H and O–H groups in total. The monoisotopic (exact) mass is 288 g/mol. The van der Waals surface area contributed by atoms with Crippen molar-refractivity contribution in [3.8, 4) is 0 Å². The first-order valence-electron chi connectivity index (χ1n) is 6.94. The summed E-state index contributed by atoms with van der Waals surface area (Å²) in [5.41, 5.74) is 1.01. The number of carbonyl (C=O) groups is 3. The smallest absolute Gasteiger partial charge is 0.261 e. The zero-order valence-electron chi connectivity index (χ0n) is 11.7. The maximum absolute atomic E-state index is 12.1. The lowest BCUT2D eigenvalue weighted by Gasteiger charge is -2.11. The summed E-state index contributed by atoms with van der Waals surface area (Å²) in [7, 11) is 1.43. The van der Waals surface area contributed by atoms with Gasteiger partial charge in [-0.25, -0.2) is 0 Å². The van der Waals surface area contributed by atoms with Crippen LogP contribution in [0.25, 0.3) is 0 Å². The minimum Gasteiger partial charge on any atom is -0.376 e. The van der Waals surface area contributed by atoms with Crippen molar-refractivity contribution < 1.29 is 19.1 Å². The van der Waals surface area contributed by atoms with Crippen molar-refractivity contribution in [1.82, 2.24) is 10.2 Å². The normalized spacial score (nSPS) is 20.8. The van der Waals surface area contributed by atoms with Crippen LogP contribution >= 0.6 is 0 Å². The summed E-state index contributed by atoms with van der Waals surface area (Å²) in [4.78, 5) is 36.8. The molecule has 0 spiro atoms. The number of amides is 3. The molecule has 2 aliphatic rings. The van der Waals surface area contributed by atoms with Gasteiger partial charge < -0.3 is 10.1 Å². The van der Waals surface area contributed by atoms with Gasteiger partial charge in [-0.1, -0.05) is 0 Å². The highest BCUT2D eigenvalue weighted by molar-refractivity contribution is 6.21. The SMILES string of the molecule is CN1C(=O)c2ccc(C(=O)NCC3CCCO3)cc2C1=O. The summed E-state index contributed by atoms with van der Waals surface area (Å²) in [5.74, 6) is -0.965. The van der Waals surface area contributed by atoms with E-state index in [0.717, 1.165) is 24.3 Å². The van der Waals surface area contributed by atoms with E-state index in [0.29, 0.717) is 17.7 Å². The number of fused-ring (bicyclic) bond motifs is 1. The van der Waals surface area contributed by atoms with Crippen LogP contribution in [0, 0.1) is 0 Å². The van der Waals surface area contributed by atoms with Crippen LogP contribution in [-0.2, 0) is 4.74 Å². The van der Waals surface area contributed by atoms with Crippen LogP contribution in [0.2, 0.25) is 0 Å². The Hall–Kier alpha value is -2.21. The summed E-state index contributed by atoms with van der Waals surface area (Å²) < 4.78 is 5.44. The Morgan fingerprint density at radius 3 is 2.81 bits per heavy atom. The van der Waals surface area contributed by atoms with Gasteiger partial charge in [-0.3, -0.25) is 19.3 Å². The summed E-state index contributed by atoms with van der Waals surface area (Å²) in [6.45, 7) is 1.20. The summed E-state index contributed by atoms with van der Waals surface area (Å²) in [6.07, 6.45) is 2.03. The van der Waals surface area contributed by atoms with Crippen LogP contribution in [0.5, 0.6) is 0 Å². The highest BCUT2D eigenvalue weighted by Crippen LogP contribution is 2.22. The molecule has 1 atom stereocenters. The van der Waals surface area contributed by atoms with Gasteiger partial charge in [0.05, 0.1) is 17.2 Å². The number of ether oxygens (including phenoxy) is 1. The average molecular weight is 288 g/mol. The Morgan fingerprint density at radius 2 is 2.10 bits per heavy atom. The number of benzene rings is 1. The van der Waals surface area contributed by atoms with Crippen LogP contribution in [0.3, 0.4) is 0 Å². The molecule has 0 bridgehead atoms. The van der Waals surface area contributed by atoms with Gasteiger partial charge in [0.2, 0.25) is 0 Å². The summed E-state index contributed by atoms with van der Waals surface area (Å²) in [6, 6.07) is 4.57. The molecular formula is C15H16N2O4. The fourth-order valence-corrected chi connectivity index (χ4v) is 2.62. The first-order chi connectivity index (χ1) is 10.1. The van der Waals surface area contributed by atoms with E-state index in [1.54, 1.807) is 6.07 Å². The van der Waals surface area contributed by atoms with E-state index < -0.39 is 0 Å². The summed E-state index contributed by atoms with van der Waals surface area (Å²) >= 11 is 0. The third kappa shape index (κ3) is 2.42. The minimum atomic E-state index is -0.372. The van der Waals surface area contributed by atoms with Gasteiger partial charge >= 0.3 is 0 Å². The average Bonchev–Trinajstić information content (AvgIpc) is 3.09. The first kappa shape index (κ1) is 13.8. The lowest BCUT2D eigenvalue weighted by atomic mass is 10.1. The second kappa shape index (κ2) is 5.29. The maximum Gasteiger partial charge on any atom is 0.261 e. The Morgan fingerprint density at radius 1 is 1.33 bits per heavy atom. The zero-order chi connectivity index (χ0) is 15.0. The molecule has 1 saturated heterocycles. The van der Waals surface area contributed by atoms with E-state index in [4.69, 9.17) is 4.74 Å². The maximum atomic E-state index is 12.1. The molecule has 2 aliphatic heterocycles. The molecule has 0 saturated carbocycles. The molecule has 3 amide bonds. The lowest BCUT2D eigenvalue weighted by Crippen LogP contribution is -2.31. The number of carbonyl (C=O) groups excluding carboxylic acids is 3. The number of nitrogens with zero attached hydrogens (tertiary/aromatic N) is 1. The third-order valence-electron chi connectivity index (χ3n) is 3.87. The molecule has 1 unspecified atom stereocenters. The fraction of sp³-hybridized carbons (Fsp3) is 0.400. The van der Waals surface area contributed by atoms with Crippen molar-refractivity contribution in [3.05, 3.63) is 34.9 Å². The Labute approximate surface area is 122 Å². The van der Waals surface area contributed by atoms with E-state index in [1.807, 2.05) is 0 Å². The number of rotatable bonds is 3. The van der Waals surface area contributed by atoms with Gasteiger partial charge in [-0.2, -0.15) is 0 Å². The largest absolute Gasteiger partial charge is 0.376 e. The van der Waals surface area contributed by atoms with Crippen molar-refractivity contribution in [1.29, 1.82) is 0 Å². The van der Waals surface area contributed by atoms with Crippen molar-refractivity contribution in [2.75, 3.05) is 20.2 Å². The van der Waals surface area contributed by atoms with Crippen molar-refractivity contribution in [3.63, 3.8) is 0 Å². The lowest BCUT2D eigenvalue weighted by molar-refractivity contribution is 0.0693. The highest BCUT2D eigenvalue weighted by atomic mass is 16.5. The molecule has 0 radical (unpaired) electrons. The first-order valence-corrected chi connectivity index (χ1v) is 6.94. The molecule has 110 valence electrons. The van der Waals surface area contributed by atoms with E-state index in [1.165, 1.54) is 19.2 Å². The molecule has 1 aromatic rings. The molecule has 0 aliphatic carbocycles. The molecule has 6 heteroatoms.